The number of hydrogen-bond acceptors (Lipinski definition) is 3. The molecule has 1 aliphatic heterocycles. The smallest absolute Gasteiger partial charge is 0.0195 e. The molecule has 1 heterocycles. The SMILES string of the molecule is CNC(C)CN1CC(C)N(C)C(C)C1. The quantitative estimate of drug-likeness (QED) is 0.719. The van der Waals surface area contributed by atoms with Crippen LogP contribution >= 0.6 is 0 Å². The molecule has 0 aromatic heterocycles. The van der Waals surface area contributed by atoms with Gasteiger partial charge in [0, 0.05) is 37.8 Å². The molecule has 3 unspecified atom stereocenters. The first kappa shape index (κ1) is 12.0. The lowest BCUT2D eigenvalue weighted by molar-refractivity contribution is 0.0559. The second-order valence-corrected chi connectivity index (χ2v) is 4.77. The van der Waals surface area contributed by atoms with E-state index in [-0.39, 0.29) is 0 Å². The lowest BCUT2D eigenvalue weighted by Crippen LogP contribution is -2.56. The Morgan fingerprint density at radius 3 is 2.21 bits per heavy atom. The van der Waals surface area contributed by atoms with E-state index in [0.717, 1.165) is 0 Å². The number of piperazine rings is 1. The molecule has 0 amide bonds. The summed E-state index contributed by atoms with van der Waals surface area (Å²) in [6.07, 6.45) is 0. The third kappa shape index (κ3) is 2.94. The summed E-state index contributed by atoms with van der Waals surface area (Å²) in [6.45, 7) is 10.4. The maximum absolute atomic E-state index is 3.30. The molecular formula is C11H25N3. The Kier molecular flexibility index (Phi) is 4.35. The molecule has 1 aliphatic rings. The van der Waals surface area contributed by atoms with Gasteiger partial charge in [0.25, 0.3) is 0 Å². The third-order valence-electron chi connectivity index (χ3n) is 3.46. The molecular weight excluding hydrogens is 174 g/mol. The van der Waals surface area contributed by atoms with Crippen molar-refractivity contribution in [1.82, 2.24) is 15.1 Å². The van der Waals surface area contributed by atoms with Crippen molar-refractivity contribution in [1.29, 1.82) is 0 Å². The minimum absolute atomic E-state index is 0.595. The first-order valence-electron chi connectivity index (χ1n) is 5.66. The van der Waals surface area contributed by atoms with Gasteiger partial charge < -0.3 is 5.32 Å². The Labute approximate surface area is 88.5 Å². The van der Waals surface area contributed by atoms with Crippen LogP contribution in [-0.2, 0) is 0 Å². The van der Waals surface area contributed by atoms with Crippen molar-refractivity contribution in [3.05, 3.63) is 0 Å². The molecule has 0 saturated carbocycles. The van der Waals surface area contributed by atoms with E-state index >= 15 is 0 Å². The van der Waals surface area contributed by atoms with Gasteiger partial charge in [-0.3, -0.25) is 9.80 Å². The highest BCUT2D eigenvalue weighted by Crippen LogP contribution is 2.13. The van der Waals surface area contributed by atoms with Crippen LogP contribution in [0.2, 0.25) is 0 Å². The van der Waals surface area contributed by atoms with E-state index in [1.54, 1.807) is 0 Å². The normalized spacial score (nSPS) is 33.2. The topological polar surface area (TPSA) is 18.5 Å². The van der Waals surface area contributed by atoms with Gasteiger partial charge >= 0.3 is 0 Å². The van der Waals surface area contributed by atoms with Crippen LogP contribution < -0.4 is 5.32 Å². The summed E-state index contributed by atoms with van der Waals surface area (Å²) in [5, 5.41) is 3.30. The number of likely N-dealkylation sites (N-methyl/N-ethyl adjacent to an activating group) is 2. The van der Waals surface area contributed by atoms with Crippen LogP contribution in [-0.4, -0.2) is 61.7 Å². The van der Waals surface area contributed by atoms with Gasteiger partial charge in [-0.1, -0.05) is 0 Å². The predicted octanol–water partition coefficient (Wildman–Crippen LogP) is 0.619. The van der Waals surface area contributed by atoms with Gasteiger partial charge in [0.1, 0.15) is 0 Å². The van der Waals surface area contributed by atoms with E-state index < -0.39 is 0 Å². The molecule has 1 fully saturated rings. The standard InChI is InChI=1S/C11H25N3/c1-9(12-4)6-14-7-10(2)13(5)11(3)8-14/h9-12H,6-8H2,1-5H3. The van der Waals surface area contributed by atoms with Crippen LogP contribution in [0.15, 0.2) is 0 Å². The average Bonchev–Trinajstić information content (AvgIpc) is 2.14. The fraction of sp³-hybridized carbons (Fsp3) is 1.00. The zero-order chi connectivity index (χ0) is 10.7. The van der Waals surface area contributed by atoms with Crippen LogP contribution in [0.5, 0.6) is 0 Å². The van der Waals surface area contributed by atoms with Gasteiger partial charge in [-0.25, -0.2) is 0 Å². The summed E-state index contributed by atoms with van der Waals surface area (Å²) < 4.78 is 0. The second-order valence-electron chi connectivity index (χ2n) is 4.77. The number of nitrogens with zero attached hydrogens (tertiary/aromatic N) is 2. The molecule has 1 N–H and O–H groups in total. The van der Waals surface area contributed by atoms with Crippen LogP contribution in [0.25, 0.3) is 0 Å². The third-order valence-corrected chi connectivity index (χ3v) is 3.46. The van der Waals surface area contributed by atoms with Crippen LogP contribution in [0.4, 0.5) is 0 Å². The monoisotopic (exact) mass is 199 g/mol. The van der Waals surface area contributed by atoms with Gasteiger partial charge in [0.15, 0.2) is 0 Å². The molecule has 1 rings (SSSR count). The lowest BCUT2D eigenvalue weighted by Gasteiger charge is -2.43. The fourth-order valence-electron chi connectivity index (χ4n) is 2.14. The zero-order valence-electron chi connectivity index (χ0n) is 10.2. The number of rotatable bonds is 3. The van der Waals surface area contributed by atoms with Crippen LogP contribution in [0.3, 0.4) is 0 Å². The summed E-state index contributed by atoms with van der Waals surface area (Å²) in [4.78, 5) is 5.04. The summed E-state index contributed by atoms with van der Waals surface area (Å²) in [5.41, 5.74) is 0. The number of nitrogens with one attached hydrogen (secondary N) is 1. The first-order chi connectivity index (χ1) is 6.54. The summed E-state index contributed by atoms with van der Waals surface area (Å²) >= 11 is 0. The van der Waals surface area contributed by atoms with Gasteiger partial charge in [-0.2, -0.15) is 0 Å². The molecule has 3 heteroatoms. The van der Waals surface area contributed by atoms with Crippen molar-refractivity contribution >= 4 is 0 Å². The van der Waals surface area contributed by atoms with Crippen molar-refractivity contribution in [2.24, 2.45) is 0 Å². The van der Waals surface area contributed by atoms with Gasteiger partial charge in [-0.05, 0) is 34.9 Å². The summed E-state index contributed by atoms with van der Waals surface area (Å²) in [6, 6.07) is 1.96. The first-order valence-corrected chi connectivity index (χ1v) is 5.66. The minimum atomic E-state index is 0.595. The zero-order valence-corrected chi connectivity index (χ0v) is 10.2. The van der Waals surface area contributed by atoms with Crippen molar-refractivity contribution < 1.29 is 0 Å². The minimum Gasteiger partial charge on any atom is -0.316 e. The summed E-state index contributed by atoms with van der Waals surface area (Å²) in [7, 11) is 4.27. The highest BCUT2D eigenvalue weighted by atomic mass is 15.3. The van der Waals surface area contributed by atoms with Crippen molar-refractivity contribution in [2.75, 3.05) is 33.7 Å². The molecule has 0 spiro atoms. The average molecular weight is 199 g/mol. The van der Waals surface area contributed by atoms with E-state index in [1.807, 2.05) is 7.05 Å². The summed E-state index contributed by atoms with van der Waals surface area (Å²) in [5.74, 6) is 0. The van der Waals surface area contributed by atoms with Crippen molar-refractivity contribution in [3.63, 3.8) is 0 Å². The maximum Gasteiger partial charge on any atom is 0.0195 e. The molecule has 14 heavy (non-hydrogen) atoms. The molecule has 84 valence electrons. The van der Waals surface area contributed by atoms with E-state index in [9.17, 15) is 0 Å². The van der Waals surface area contributed by atoms with E-state index in [0.29, 0.717) is 18.1 Å². The van der Waals surface area contributed by atoms with Crippen molar-refractivity contribution in [2.45, 2.75) is 38.9 Å². The Morgan fingerprint density at radius 1 is 1.29 bits per heavy atom. The predicted molar refractivity (Wildman–Crippen MR) is 61.6 cm³/mol. The van der Waals surface area contributed by atoms with Crippen LogP contribution in [0, 0.1) is 0 Å². The Morgan fingerprint density at radius 2 is 1.79 bits per heavy atom. The Balaban J connectivity index is 2.41. The molecule has 0 aromatic carbocycles. The van der Waals surface area contributed by atoms with E-state index in [2.05, 4.69) is 42.9 Å². The van der Waals surface area contributed by atoms with E-state index in [4.69, 9.17) is 0 Å². The van der Waals surface area contributed by atoms with Gasteiger partial charge in [0.2, 0.25) is 0 Å². The molecule has 0 radical (unpaired) electrons. The van der Waals surface area contributed by atoms with Gasteiger partial charge in [0.05, 0.1) is 0 Å². The molecule has 3 atom stereocenters. The second kappa shape index (κ2) is 5.10. The molecule has 0 aliphatic carbocycles. The molecule has 1 saturated heterocycles. The van der Waals surface area contributed by atoms with E-state index in [1.165, 1.54) is 19.6 Å². The highest BCUT2D eigenvalue weighted by Gasteiger charge is 2.26. The van der Waals surface area contributed by atoms with Gasteiger partial charge in [-0.15, -0.1) is 0 Å². The highest BCUT2D eigenvalue weighted by molar-refractivity contribution is 4.83. The lowest BCUT2D eigenvalue weighted by atomic mass is 10.1. The molecule has 3 nitrogen and oxygen atoms in total. The fourth-order valence-corrected chi connectivity index (χ4v) is 2.14. The van der Waals surface area contributed by atoms with Crippen LogP contribution in [0.1, 0.15) is 20.8 Å². The number of hydrogen-bond donors (Lipinski definition) is 1. The maximum atomic E-state index is 3.30. The largest absolute Gasteiger partial charge is 0.316 e. The molecule has 0 bridgehead atoms. The Bertz CT molecular complexity index is 157. The van der Waals surface area contributed by atoms with Crippen molar-refractivity contribution in [3.8, 4) is 0 Å². The molecule has 0 aromatic rings. The Hall–Kier alpha value is -0.120.